The van der Waals surface area contributed by atoms with Crippen LogP contribution >= 0.6 is 0 Å². The van der Waals surface area contributed by atoms with Crippen molar-refractivity contribution >= 4 is 5.82 Å². The van der Waals surface area contributed by atoms with Crippen LogP contribution in [-0.2, 0) is 0 Å². The van der Waals surface area contributed by atoms with Crippen LogP contribution < -0.4 is 5.43 Å². The molecular weight excluding hydrogens is 188 g/mol. The van der Waals surface area contributed by atoms with Crippen LogP contribution in [0.3, 0.4) is 0 Å². The number of rotatable bonds is 2. The maximum absolute atomic E-state index is 4.33. The van der Waals surface area contributed by atoms with E-state index in [0.717, 1.165) is 32.0 Å². The molecule has 4 heteroatoms. The maximum atomic E-state index is 4.33. The summed E-state index contributed by atoms with van der Waals surface area (Å²) in [6, 6.07) is 4.04. The summed E-state index contributed by atoms with van der Waals surface area (Å²) in [6.45, 7) is 6.39. The van der Waals surface area contributed by atoms with Crippen LogP contribution in [0.2, 0.25) is 0 Å². The zero-order valence-electron chi connectivity index (χ0n) is 9.40. The zero-order chi connectivity index (χ0) is 10.7. The summed E-state index contributed by atoms with van der Waals surface area (Å²) in [4.78, 5) is 6.66. The highest BCUT2D eigenvalue weighted by molar-refractivity contribution is 5.41. The van der Waals surface area contributed by atoms with Crippen LogP contribution in [0.15, 0.2) is 18.3 Å². The Morgan fingerprint density at radius 3 is 2.67 bits per heavy atom. The Morgan fingerprint density at radius 2 is 2.00 bits per heavy atom. The zero-order valence-corrected chi connectivity index (χ0v) is 9.40. The highest BCUT2D eigenvalue weighted by atomic mass is 15.5. The van der Waals surface area contributed by atoms with Gasteiger partial charge in [-0.3, -0.25) is 0 Å². The molecule has 1 aliphatic rings. The number of piperazine rings is 1. The molecule has 0 radical (unpaired) electrons. The molecule has 2 rings (SSSR count). The number of hydrogen-bond donors (Lipinski definition) is 1. The number of hydrazine groups is 1. The van der Waals surface area contributed by atoms with Gasteiger partial charge in [-0.2, -0.15) is 0 Å². The van der Waals surface area contributed by atoms with Gasteiger partial charge in [-0.1, -0.05) is 6.07 Å². The van der Waals surface area contributed by atoms with E-state index in [9.17, 15) is 0 Å². The van der Waals surface area contributed by atoms with Gasteiger partial charge in [0, 0.05) is 32.4 Å². The fraction of sp³-hybridized carbons (Fsp3) is 0.545. The molecule has 0 amide bonds. The van der Waals surface area contributed by atoms with E-state index < -0.39 is 0 Å². The lowest BCUT2D eigenvalue weighted by molar-refractivity contribution is 0.178. The fourth-order valence-electron chi connectivity index (χ4n) is 1.67. The summed E-state index contributed by atoms with van der Waals surface area (Å²) in [5.74, 6) is 0.974. The number of likely N-dealkylation sites (N-methyl/N-ethyl adjacent to an activating group) is 1. The van der Waals surface area contributed by atoms with Gasteiger partial charge in [0.15, 0.2) is 0 Å². The second kappa shape index (κ2) is 4.59. The van der Waals surface area contributed by atoms with Crippen molar-refractivity contribution in [3.63, 3.8) is 0 Å². The Morgan fingerprint density at radius 1 is 1.27 bits per heavy atom. The van der Waals surface area contributed by atoms with E-state index in [-0.39, 0.29) is 0 Å². The standard InChI is InChI=1S/C11H18N4/c1-10-4-3-5-12-11(10)13-15-8-6-14(2)7-9-15/h3-5H,6-9H2,1-2H3,(H,12,13). The van der Waals surface area contributed by atoms with E-state index >= 15 is 0 Å². The molecule has 0 bridgehead atoms. The molecule has 4 nitrogen and oxygen atoms in total. The first kappa shape index (κ1) is 10.4. The summed E-state index contributed by atoms with van der Waals surface area (Å²) in [5.41, 5.74) is 4.56. The van der Waals surface area contributed by atoms with Crippen LogP contribution in [-0.4, -0.2) is 48.1 Å². The van der Waals surface area contributed by atoms with E-state index in [1.807, 2.05) is 12.3 Å². The van der Waals surface area contributed by atoms with Gasteiger partial charge < -0.3 is 10.3 Å². The number of pyridine rings is 1. The predicted octanol–water partition coefficient (Wildman–Crippen LogP) is 0.964. The van der Waals surface area contributed by atoms with E-state index in [2.05, 4.69) is 40.4 Å². The third kappa shape index (κ3) is 2.67. The normalized spacial score (nSPS) is 19.1. The maximum Gasteiger partial charge on any atom is 0.143 e. The fourth-order valence-corrected chi connectivity index (χ4v) is 1.67. The van der Waals surface area contributed by atoms with Crippen molar-refractivity contribution in [1.82, 2.24) is 14.9 Å². The van der Waals surface area contributed by atoms with Crippen molar-refractivity contribution < 1.29 is 0 Å². The highest BCUT2D eigenvalue weighted by Crippen LogP contribution is 2.11. The largest absolute Gasteiger partial charge is 0.304 e. The molecule has 1 fully saturated rings. The van der Waals surface area contributed by atoms with E-state index in [4.69, 9.17) is 0 Å². The Balaban J connectivity index is 1.95. The summed E-state index contributed by atoms with van der Waals surface area (Å²) in [5, 5.41) is 2.23. The lowest BCUT2D eigenvalue weighted by atomic mass is 10.3. The first-order valence-electron chi connectivity index (χ1n) is 5.37. The van der Waals surface area contributed by atoms with Crippen LogP contribution in [0.5, 0.6) is 0 Å². The second-order valence-corrected chi connectivity index (χ2v) is 4.07. The molecule has 1 aliphatic heterocycles. The van der Waals surface area contributed by atoms with E-state index in [1.54, 1.807) is 0 Å². The third-order valence-corrected chi connectivity index (χ3v) is 2.78. The molecule has 82 valence electrons. The Kier molecular flexibility index (Phi) is 3.18. The lowest BCUT2D eigenvalue weighted by Gasteiger charge is -2.32. The molecule has 0 unspecified atom stereocenters. The van der Waals surface area contributed by atoms with Gasteiger partial charge in [-0.15, -0.1) is 0 Å². The van der Waals surface area contributed by atoms with E-state index in [1.165, 1.54) is 5.56 Å². The van der Waals surface area contributed by atoms with Crippen LogP contribution in [0.4, 0.5) is 5.82 Å². The summed E-state index contributed by atoms with van der Waals surface area (Å²) >= 11 is 0. The molecule has 1 saturated heterocycles. The molecular formula is C11H18N4. The molecule has 15 heavy (non-hydrogen) atoms. The molecule has 2 heterocycles. The Bertz CT molecular complexity index is 318. The van der Waals surface area contributed by atoms with Gasteiger partial charge in [0.25, 0.3) is 0 Å². The quantitative estimate of drug-likeness (QED) is 0.781. The van der Waals surface area contributed by atoms with Crippen LogP contribution in [0.25, 0.3) is 0 Å². The van der Waals surface area contributed by atoms with Crippen LogP contribution in [0, 0.1) is 6.92 Å². The summed E-state index contributed by atoms with van der Waals surface area (Å²) < 4.78 is 0. The Hall–Kier alpha value is -1.13. The number of nitrogens with one attached hydrogen (secondary N) is 1. The van der Waals surface area contributed by atoms with Gasteiger partial charge in [-0.05, 0) is 25.6 Å². The molecule has 0 aromatic carbocycles. The minimum Gasteiger partial charge on any atom is -0.304 e. The smallest absolute Gasteiger partial charge is 0.143 e. The van der Waals surface area contributed by atoms with Crippen molar-refractivity contribution in [2.45, 2.75) is 6.92 Å². The predicted molar refractivity (Wildman–Crippen MR) is 61.7 cm³/mol. The first-order valence-corrected chi connectivity index (χ1v) is 5.37. The molecule has 0 atom stereocenters. The number of aromatic nitrogens is 1. The molecule has 1 aromatic heterocycles. The number of aryl methyl sites for hydroxylation is 1. The molecule has 0 saturated carbocycles. The van der Waals surface area contributed by atoms with Crippen molar-refractivity contribution in [2.75, 3.05) is 38.7 Å². The minimum atomic E-state index is 0.974. The van der Waals surface area contributed by atoms with Crippen molar-refractivity contribution in [1.29, 1.82) is 0 Å². The van der Waals surface area contributed by atoms with Crippen molar-refractivity contribution in [3.05, 3.63) is 23.9 Å². The minimum absolute atomic E-state index is 0.974. The molecule has 0 aliphatic carbocycles. The topological polar surface area (TPSA) is 31.4 Å². The van der Waals surface area contributed by atoms with Gasteiger partial charge in [-0.25, -0.2) is 9.99 Å². The number of anilines is 1. The number of hydrogen-bond acceptors (Lipinski definition) is 4. The molecule has 0 spiro atoms. The first-order chi connectivity index (χ1) is 7.25. The van der Waals surface area contributed by atoms with Crippen molar-refractivity contribution in [2.24, 2.45) is 0 Å². The van der Waals surface area contributed by atoms with Gasteiger partial charge in [0.05, 0.1) is 0 Å². The summed E-state index contributed by atoms with van der Waals surface area (Å²) in [7, 11) is 2.16. The second-order valence-electron chi connectivity index (χ2n) is 4.07. The van der Waals surface area contributed by atoms with Gasteiger partial charge in [0.2, 0.25) is 0 Å². The Labute approximate surface area is 90.9 Å². The monoisotopic (exact) mass is 206 g/mol. The van der Waals surface area contributed by atoms with Crippen molar-refractivity contribution in [3.8, 4) is 0 Å². The average molecular weight is 206 g/mol. The average Bonchev–Trinajstić information content (AvgIpc) is 2.25. The third-order valence-electron chi connectivity index (χ3n) is 2.78. The molecule has 1 aromatic rings. The van der Waals surface area contributed by atoms with E-state index in [0.29, 0.717) is 0 Å². The van der Waals surface area contributed by atoms with Crippen LogP contribution in [0.1, 0.15) is 5.56 Å². The van der Waals surface area contributed by atoms with Gasteiger partial charge in [0.1, 0.15) is 5.82 Å². The highest BCUT2D eigenvalue weighted by Gasteiger charge is 2.14. The van der Waals surface area contributed by atoms with Gasteiger partial charge >= 0.3 is 0 Å². The number of nitrogens with zero attached hydrogens (tertiary/aromatic N) is 3. The molecule has 1 N–H and O–H groups in total. The lowest BCUT2D eigenvalue weighted by Crippen LogP contribution is -2.47. The summed E-state index contributed by atoms with van der Waals surface area (Å²) in [6.07, 6.45) is 1.82. The SMILES string of the molecule is Cc1cccnc1NN1CCN(C)CC1.